The number of carboxylic acids is 1. The summed E-state index contributed by atoms with van der Waals surface area (Å²) in [6.07, 6.45) is 0.879. The molecule has 0 fully saturated rings. The molecule has 1 aromatic carbocycles. The predicted molar refractivity (Wildman–Crippen MR) is 105 cm³/mol. The minimum Gasteiger partial charge on any atom is -0.481 e. The van der Waals surface area contributed by atoms with E-state index in [4.69, 9.17) is 5.11 Å². The van der Waals surface area contributed by atoms with E-state index in [1.165, 1.54) is 11.3 Å². The summed E-state index contributed by atoms with van der Waals surface area (Å²) in [5, 5.41) is 10.7. The van der Waals surface area contributed by atoms with Gasteiger partial charge in [0.25, 0.3) is 0 Å². The van der Waals surface area contributed by atoms with Gasteiger partial charge in [0, 0.05) is 6.42 Å². The van der Waals surface area contributed by atoms with E-state index in [0.29, 0.717) is 11.3 Å². The van der Waals surface area contributed by atoms with E-state index in [-0.39, 0.29) is 12.2 Å². The molecule has 0 aliphatic carbocycles. The third-order valence-electron chi connectivity index (χ3n) is 2.55. The first-order valence-electron chi connectivity index (χ1n) is 8.33. The predicted octanol–water partition coefficient (Wildman–Crippen LogP) is 5.62. The van der Waals surface area contributed by atoms with Crippen molar-refractivity contribution in [2.45, 2.75) is 59.3 Å². The number of thiophene rings is 1. The molecule has 2 aromatic rings. The Labute approximate surface area is 150 Å². The van der Waals surface area contributed by atoms with Gasteiger partial charge in [-0.1, -0.05) is 53.7 Å². The molecule has 0 atom stereocenters. The van der Waals surface area contributed by atoms with E-state index in [1.807, 2.05) is 52.1 Å². The van der Waals surface area contributed by atoms with Crippen LogP contribution in [0.5, 0.6) is 0 Å². The van der Waals surface area contributed by atoms with Gasteiger partial charge in [0.15, 0.2) is 9.84 Å². The highest BCUT2D eigenvalue weighted by atomic mass is 32.2. The van der Waals surface area contributed by atoms with E-state index in [2.05, 4.69) is 0 Å². The van der Waals surface area contributed by atoms with Crippen molar-refractivity contribution >= 4 is 37.2 Å². The average molecular weight is 375 g/mol. The van der Waals surface area contributed by atoms with Crippen LogP contribution in [0.1, 0.15) is 54.4 Å². The summed E-state index contributed by atoms with van der Waals surface area (Å²) in [6.45, 7) is 11.5. The lowest BCUT2D eigenvalue weighted by atomic mass is 10.3. The second-order valence-electron chi connectivity index (χ2n) is 4.16. The lowest BCUT2D eigenvalue weighted by Crippen LogP contribution is -2.05. The molecule has 1 N–H and O–H groups in total. The second-order valence-corrected chi connectivity index (χ2v) is 7.15. The van der Waals surface area contributed by atoms with E-state index in [1.54, 1.807) is 19.1 Å². The summed E-state index contributed by atoms with van der Waals surface area (Å²) in [5.41, 5.74) is 0. The Bertz CT molecular complexity index is 673. The molecule has 0 bridgehead atoms. The van der Waals surface area contributed by atoms with Crippen molar-refractivity contribution in [2.75, 3.05) is 5.75 Å². The second kappa shape index (κ2) is 14.0. The summed E-state index contributed by atoms with van der Waals surface area (Å²) in [7, 11) is -3.10. The van der Waals surface area contributed by atoms with Crippen LogP contribution in [0.4, 0.5) is 0 Å². The number of rotatable bonds is 4. The van der Waals surface area contributed by atoms with E-state index < -0.39 is 15.8 Å². The molecule has 6 heteroatoms. The number of hydrogen-bond acceptors (Lipinski definition) is 4. The van der Waals surface area contributed by atoms with E-state index in [9.17, 15) is 13.2 Å². The monoisotopic (exact) mass is 374 g/mol. The maximum atomic E-state index is 12.0. The van der Waals surface area contributed by atoms with Crippen LogP contribution in [0.2, 0.25) is 0 Å². The number of aliphatic carboxylic acids is 1. The van der Waals surface area contributed by atoms with Gasteiger partial charge in [0.2, 0.25) is 0 Å². The van der Waals surface area contributed by atoms with Gasteiger partial charge in [-0.3, -0.25) is 4.79 Å². The average Bonchev–Trinajstić information content (AvgIpc) is 3.07. The number of sulfone groups is 1. The molecule has 0 amide bonds. The molecule has 0 aliphatic rings. The van der Waals surface area contributed by atoms with Crippen molar-refractivity contribution in [1.29, 1.82) is 0 Å². The first-order valence-corrected chi connectivity index (χ1v) is 10.9. The molecule has 0 saturated carbocycles. The van der Waals surface area contributed by atoms with Crippen LogP contribution in [0.25, 0.3) is 10.1 Å². The smallest absolute Gasteiger partial charge is 0.303 e. The molecule has 4 nitrogen and oxygen atoms in total. The highest BCUT2D eigenvalue weighted by Gasteiger charge is 2.16. The highest BCUT2D eigenvalue weighted by Crippen LogP contribution is 2.28. The van der Waals surface area contributed by atoms with Crippen LogP contribution in [0.3, 0.4) is 0 Å². The Kier molecular flexibility index (Phi) is 14.5. The Morgan fingerprint density at radius 1 is 1.08 bits per heavy atom. The molecule has 0 radical (unpaired) electrons. The first-order chi connectivity index (χ1) is 11.4. The fraction of sp³-hybridized carbons (Fsp3) is 0.500. The van der Waals surface area contributed by atoms with Crippen LogP contribution in [-0.4, -0.2) is 25.2 Å². The van der Waals surface area contributed by atoms with Crippen molar-refractivity contribution in [3.05, 3.63) is 29.6 Å². The number of fused-ring (bicyclic) bond motifs is 1. The molecule has 0 saturated heterocycles. The SMILES string of the molecule is CC.CC.CCC(=O)O.CCCS(=O)(=O)c1cccc2ccsc12. The minimum atomic E-state index is -3.10. The molecule has 138 valence electrons. The quantitative estimate of drug-likeness (QED) is 0.754. The summed E-state index contributed by atoms with van der Waals surface area (Å²) in [4.78, 5) is 9.85. The molecule has 0 unspecified atom stereocenters. The fourth-order valence-electron chi connectivity index (χ4n) is 1.59. The summed E-state index contributed by atoms with van der Waals surface area (Å²) in [5.74, 6) is -0.519. The lowest BCUT2D eigenvalue weighted by Gasteiger charge is -2.03. The Balaban J connectivity index is 0. The Morgan fingerprint density at radius 3 is 2.08 bits per heavy atom. The molecular formula is C18H30O4S2. The van der Waals surface area contributed by atoms with Crippen molar-refractivity contribution in [2.24, 2.45) is 0 Å². The molecule has 24 heavy (non-hydrogen) atoms. The van der Waals surface area contributed by atoms with Crippen LogP contribution in [0.15, 0.2) is 34.5 Å². The van der Waals surface area contributed by atoms with Gasteiger partial charge in [-0.05, 0) is 29.3 Å². The third kappa shape index (κ3) is 8.45. The topological polar surface area (TPSA) is 71.4 Å². The Hall–Kier alpha value is -1.40. The van der Waals surface area contributed by atoms with Crippen LogP contribution in [0, 0.1) is 0 Å². The molecule has 0 aliphatic heterocycles. The fourth-order valence-corrected chi connectivity index (χ4v) is 4.37. The molecule has 1 aromatic heterocycles. The van der Waals surface area contributed by atoms with Crippen molar-refractivity contribution in [3.63, 3.8) is 0 Å². The zero-order valence-corrected chi connectivity index (χ0v) is 17.1. The van der Waals surface area contributed by atoms with Crippen LogP contribution < -0.4 is 0 Å². The number of hydrogen-bond donors (Lipinski definition) is 1. The number of benzene rings is 1. The first kappa shape index (κ1) is 24.8. The minimum absolute atomic E-state index is 0.222. The maximum absolute atomic E-state index is 12.0. The highest BCUT2D eigenvalue weighted by molar-refractivity contribution is 7.91. The maximum Gasteiger partial charge on any atom is 0.303 e. The zero-order chi connectivity index (χ0) is 19.2. The van der Waals surface area contributed by atoms with Crippen molar-refractivity contribution in [3.8, 4) is 0 Å². The van der Waals surface area contributed by atoms with Gasteiger partial charge in [-0.15, -0.1) is 11.3 Å². The van der Waals surface area contributed by atoms with E-state index >= 15 is 0 Å². The van der Waals surface area contributed by atoms with Gasteiger partial charge >= 0.3 is 5.97 Å². The molecular weight excluding hydrogens is 344 g/mol. The molecule has 1 heterocycles. The largest absolute Gasteiger partial charge is 0.481 e. The number of carboxylic acid groups (broad SMARTS) is 1. The van der Waals surface area contributed by atoms with Crippen LogP contribution >= 0.6 is 11.3 Å². The standard InChI is InChI=1S/C11H12O2S2.C3H6O2.2C2H6/c1-2-8-15(12,13)10-5-3-4-9-6-7-14-11(9)10;1-2-3(4)5;2*1-2/h3-7H,2,8H2,1H3;2H2,1H3,(H,4,5);2*1-2H3. The summed E-state index contributed by atoms with van der Waals surface area (Å²) < 4.78 is 24.8. The normalized spacial score (nSPS) is 9.58. The van der Waals surface area contributed by atoms with Crippen LogP contribution in [-0.2, 0) is 14.6 Å². The van der Waals surface area contributed by atoms with Gasteiger partial charge in [-0.2, -0.15) is 0 Å². The number of carbonyl (C=O) groups is 1. The van der Waals surface area contributed by atoms with Crippen molar-refractivity contribution < 1.29 is 18.3 Å². The molecule has 0 spiro atoms. The van der Waals surface area contributed by atoms with E-state index in [0.717, 1.165) is 10.1 Å². The van der Waals surface area contributed by atoms with Gasteiger partial charge < -0.3 is 5.11 Å². The Morgan fingerprint density at radius 2 is 1.62 bits per heavy atom. The van der Waals surface area contributed by atoms with Gasteiger partial charge in [0.1, 0.15) is 0 Å². The van der Waals surface area contributed by atoms with Crippen molar-refractivity contribution in [1.82, 2.24) is 0 Å². The lowest BCUT2D eigenvalue weighted by molar-refractivity contribution is -0.136. The summed E-state index contributed by atoms with van der Waals surface area (Å²) >= 11 is 1.49. The molecule has 2 rings (SSSR count). The zero-order valence-electron chi connectivity index (χ0n) is 15.5. The summed E-state index contributed by atoms with van der Waals surface area (Å²) in [6, 6.07) is 7.39. The van der Waals surface area contributed by atoms with Gasteiger partial charge in [0.05, 0.1) is 15.3 Å². The third-order valence-corrected chi connectivity index (χ3v) is 5.60. The van der Waals surface area contributed by atoms with Gasteiger partial charge in [-0.25, -0.2) is 8.42 Å².